The Balaban J connectivity index is 2.69. The maximum absolute atomic E-state index is 4.55. The minimum atomic E-state index is 0.913. The summed E-state index contributed by atoms with van der Waals surface area (Å²) in [5.41, 5.74) is 5.90. The number of fused-ring (bicyclic) bond motifs is 1. The first-order chi connectivity index (χ1) is 6.18. The first-order valence-corrected chi connectivity index (χ1v) is 4.50. The summed E-state index contributed by atoms with van der Waals surface area (Å²) in [5, 5.41) is 0. The molecule has 0 saturated carbocycles. The molecule has 0 saturated heterocycles. The second-order valence-electron chi connectivity index (χ2n) is 3.60. The quantitative estimate of drug-likeness (QED) is 0.566. The Morgan fingerprint density at radius 2 is 2.08 bits per heavy atom. The predicted octanol–water partition coefficient (Wildman–Crippen LogP) is 3.50. The fourth-order valence-corrected chi connectivity index (χ4v) is 1.73. The van der Waals surface area contributed by atoms with E-state index >= 15 is 0 Å². The van der Waals surface area contributed by atoms with Crippen molar-refractivity contribution in [1.29, 1.82) is 0 Å². The van der Waals surface area contributed by atoms with Crippen molar-refractivity contribution in [2.75, 3.05) is 0 Å². The molecule has 0 aromatic heterocycles. The number of hydrogen-bond acceptors (Lipinski definition) is 1. The Hall–Kier alpha value is -1.37. The summed E-state index contributed by atoms with van der Waals surface area (Å²) in [6.07, 6.45) is 0.913. The van der Waals surface area contributed by atoms with Crippen molar-refractivity contribution < 1.29 is 0 Å². The van der Waals surface area contributed by atoms with Gasteiger partial charge in [0.15, 0.2) is 0 Å². The smallest absolute Gasteiger partial charge is 0.0733 e. The van der Waals surface area contributed by atoms with Crippen LogP contribution in [0, 0.1) is 6.92 Å². The van der Waals surface area contributed by atoms with Crippen molar-refractivity contribution in [3.8, 4) is 0 Å². The molecule has 0 bridgehead atoms. The molecule has 0 amide bonds. The lowest BCUT2D eigenvalue weighted by molar-refractivity contribution is 1.28. The number of para-hydroxylation sites is 1. The van der Waals surface area contributed by atoms with E-state index in [0.29, 0.717) is 0 Å². The van der Waals surface area contributed by atoms with Crippen LogP contribution in [0.25, 0.3) is 5.57 Å². The SMILES string of the molecule is C=C1CC(C)=Nc2c(C)cccc21. The molecule has 1 heteroatoms. The molecule has 1 heterocycles. The van der Waals surface area contributed by atoms with Crippen molar-refractivity contribution >= 4 is 17.0 Å². The first kappa shape index (κ1) is 8.24. The highest BCUT2D eigenvalue weighted by Crippen LogP contribution is 2.34. The molecule has 0 unspecified atom stereocenters. The largest absolute Gasteiger partial charge is 0.257 e. The lowest BCUT2D eigenvalue weighted by Gasteiger charge is -2.17. The van der Waals surface area contributed by atoms with E-state index < -0.39 is 0 Å². The molecule has 1 aliphatic rings. The number of nitrogens with zero attached hydrogens (tertiary/aromatic N) is 1. The van der Waals surface area contributed by atoms with Crippen LogP contribution in [0.2, 0.25) is 0 Å². The van der Waals surface area contributed by atoms with Crippen LogP contribution in [-0.4, -0.2) is 5.71 Å². The first-order valence-electron chi connectivity index (χ1n) is 4.50. The average molecular weight is 171 g/mol. The summed E-state index contributed by atoms with van der Waals surface area (Å²) in [6.45, 7) is 8.21. The number of benzene rings is 1. The third kappa shape index (κ3) is 1.31. The van der Waals surface area contributed by atoms with Crippen molar-refractivity contribution in [2.24, 2.45) is 4.99 Å². The van der Waals surface area contributed by atoms with Crippen LogP contribution >= 0.6 is 0 Å². The second kappa shape index (κ2) is 2.84. The summed E-state index contributed by atoms with van der Waals surface area (Å²) in [6, 6.07) is 6.25. The molecule has 0 aliphatic carbocycles. The summed E-state index contributed by atoms with van der Waals surface area (Å²) in [7, 11) is 0. The lowest BCUT2D eigenvalue weighted by Crippen LogP contribution is -2.00. The highest BCUT2D eigenvalue weighted by atomic mass is 14.8. The number of rotatable bonds is 0. The van der Waals surface area contributed by atoms with Crippen LogP contribution in [0.3, 0.4) is 0 Å². The van der Waals surface area contributed by atoms with Crippen LogP contribution in [0.1, 0.15) is 24.5 Å². The molecule has 1 aromatic rings. The van der Waals surface area contributed by atoms with E-state index in [1.807, 2.05) is 0 Å². The van der Waals surface area contributed by atoms with Crippen molar-refractivity contribution in [1.82, 2.24) is 0 Å². The Bertz CT molecular complexity index is 400. The Morgan fingerprint density at radius 1 is 1.31 bits per heavy atom. The highest BCUT2D eigenvalue weighted by molar-refractivity contribution is 5.99. The molecular formula is C12H13N. The zero-order valence-electron chi connectivity index (χ0n) is 8.09. The van der Waals surface area contributed by atoms with Crippen LogP contribution < -0.4 is 0 Å². The number of aryl methyl sites for hydroxylation is 1. The molecule has 1 aromatic carbocycles. The molecule has 66 valence electrons. The summed E-state index contributed by atoms with van der Waals surface area (Å²) in [4.78, 5) is 4.55. The third-order valence-corrected chi connectivity index (χ3v) is 2.39. The molecule has 1 nitrogen and oxygen atoms in total. The van der Waals surface area contributed by atoms with E-state index in [2.05, 4.69) is 43.6 Å². The molecule has 0 radical (unpaired) electrons. The third-order valence-electron chi connectivity index (χ3n) is 2.39. The van der Waals surface area contributed by atoms with E-state index in [1.165, 1.54) is 16.7 Å². The molecule has 0 spiro atoms. The zero-order chi connectivity index (χ0) is 9.42. The van der Waals surface area contributed by atoms with Gasteiger partial charge in [-0.05, 0) is 25.0 Å². The normalized spacial score (nSPS) is 15.2. The number of aliphatic imine (C=N–C) groups is 1. The van der Waals surface area contributed by atoms with E-state index in [-0.39, 0.29) is 0 Å². The van der Waals surface area contributed by atoms with Gasteiger partial charge >= 0.3 is 0 Å². The highest BCUT2D eigenvalue weighted by Gasteiger charge is 2.13. The van der Waals surface area contributed by atoms with Gasteiger partial charge in [0, 0.05) is 17.7 Å². The molecule has 0 N–H and O–H groups in total. The van der Waals surface area contributed by atoms with Crippen molar-refractivity contribution in [3.05, 3.63) is 35.9 Å². The van der Waals surface area contributed by atoms with Crippen LogP contribution in [0.4, 0.5) is 5.69 Å². The second-order valence-corrected chi connectivity index (χ2v) is 3.60. The van der Waals surface area contributed by atoms with Crippen LogP contribution in [0.5, 0.6) is 0 Å². The number of hydrogen-bond donors (Lipinski definition) is 0. The van der Waals surface area contributed by atoms with Crippen LogP contribution in [0.15, 0.2) is 29.8 Å². The summed E-state index contributed by atoms with van der Waals surface area (Å²) in [5.74, 6) is 0. The summed E-state index contributed by atoms with van der Waals surface area (Å²) >= 11 is 0. The average Bonchev–Trinajstić information content (AvgIpc) is 2.07. The molecule has 0 fully saturated rings. The maximum Gasteiger partial charge on any atom is 0.0733 e. The molecule has 0 atom stereocenters. The van der Waals surface area contributed by atoms with Crippen LogP contribution in [-0.2, 0) is 0 Å². The van der Waals surface area contributed by atoms with E-state index in [4.69, 9.17) is 0 Å². The van der Waals surface area contributed by atoms with Gasteiger partial charge in [0.2, 0.25) is 0 Å². The van der Waals surface area contributed by atoms with E-state index in [9.17, 15) is 0 Å². The van der Waals surface area contributed by atoms with Gasteiger partial charge in [0.1, 0.15) is 0 Å². The van der Waals surface area contributed by atoms with Gasteiger partial charge < -0.3 is 0 Å². The fourth-order valence-electron chi connectivity index (χ4n) is 1.73. The Morgan fingerprint density at radius 3 is 2.85 bits per heavy atom. The van der Waals surface area contributed by atoms with Gasteiger partial charge in [-0.1, -0.05) is 24.8 Å². The predicted molar refractivity (Wildman–Crippen MR) is 57.6 cm³/mol. The molecule has 13 heavy (non-hydrogen) atoms. The zero-order valence-corrected chi connectivity index (χ0v) is 8.09. The van der Waals surface area contributed by atoms with E-state index in [0.717, 1.165) is 17.8 Å². The van der Waals surface area contributed by atoms with Gasteiger partial charge in [0.05, 0.1) is 5.69 Å². The topological polar surface area (TPSA) is 12.4 Å². The lowest BCUT2D eigenvalue weighted by atomic mass is 9.95. The fraction of sp³-hybridized carbons (Fsp3) is 0.250. The molecule has 2 rings (SSSR count). The minimum absolute atomic E-state index is 0.913. The standard InChI is InChI=1S/C12H13N/c1-8-5-4-6-11-9(2)7-10(3)13-12(8)11/h4-6H,2,7H2,1,3H3. The van der Waals surface area contributed by atoms with Gasteiger partial charge in [-0.3, -0.25) is 4.99 Å². The Labute approximate surface area is 78.8 Å². The maximum atomic E-state index is 4.55. The summed E-state index contributed by atoms with van der Waals surface area (Å²) < 4.78 is 0. The Kier molecular flexibility index (Phi) is 1.80. The van der Waals surface area contributed by atoms with E-state index in [1.54, 1.807) is 0 Å². The monoisotopic (exact) mass is 171 g/mol. The molecule has 1 aliphatic heterocycles. The molecular weight excluding hydrogens is 158 g/mol. The van der Waals surface area contributed by atoms with Gasteiger partial charge in [-0.2, -0.15) is 0 Å². The van der Waals surface area contributed by atoms with Gasteiger partial charge in [-0.15, -0.1) is 0 Å². The van der Waals surface area contributed by atoms with Gasteiger partial charge in [0.25, 0.3) is 0 Å². The van der Waals surface area contributed by atoms with Crippen molar-refractivity contribution in [3.63, 3.8) is 0 Å². The minimum Gasteiger partial charge on any atom is -0.257 e. The number of allylic oxidation sites excluding steroid dienone is 1. The van der Waals surface area contributed by atoms with Crippen molar-refractivity contribution in [2.45, 2.75) is 20.3 Å². The van der Waals surface area contributed by atoms with Gasteiger partial charge in [-0.25, -0.2) is 0 Å².